The molecule has 1 aliphatic heterocycles. The maximum absolute atomic E-state index is 12.6. The fourth-order valence-corrected chi connectivity index (χ4v) is 3.45. The van der Waals surface area contributed by atoms with E-state index in [1.165, 1.54) is 5.56 Å². The molecule has 2 amide bonds. The zero-order valence-electron chi connectivity index (χ0n) is 12.5. The minimum atomic E-state index is -0.0948. The Morgan fingerprint density at radius 2 is 2.45 bits per heavy atom. The number of rotatable bonds is 4. The molecule has 1 aliphatic rings. The summed E-state index contributed by atoms with van der Waals surface area (Å²) >= 11 is 1.66. The number of anilines is 1. The monoisotopic (exact) mass is 317 g/mol. The number of carbonyl (C=O) groups excluding carboxylic acids is 1. The molecule has 0 saturated carbocycles. The predicted octanol–water partition coefficient (Wildman–Crippen LogP) is 3.91. The van der Waals surface area contributed by atoms with Crippen LogP contribution in [0.4, 0.5) is 10.5 Å². The SMILES string of the molecule is CCOc1ncccc1NC(=O)N1CCC[C@@H]1c1ccsc1. The average molecular weight is 317 g/mol. The van der Waals surface area contributed by atoms with E-state index in [9.17, 15) is 4.79 Å². The molecule has 1 fully saturated rings. The van der Waals surface area contributed by atoms with E-state index in [2.05, 4.69) is 27.1 Å². The van der Waals surface area contributed by atoms with Gasteiger partial charge in [-0.15, -0.1) is 0 Å². The third kappa shape index (κ3) is 3.06. The van der Waals surface area contributed by atoms with E-state index < -0.39 is 0 Å². The van der Waals surface area contributed by atoms with Crippen LogP contribution >= 0.6 is 11.3 Å². The molecule has 116 valence electrons. The van der Waals surface area contributed by atoms with Crippen molar-refractivity contribution in [2.45, 2.75) is 25.8 Å². The van der Waals surface area contributed by atoms with Gasteiger partial charge in [0.15, 0.2) is 0 Å². The second-order valence-corrected chi connectivity index (χ2v) is 5.91. The van der Waals surface area contributed by atoms with E-state index in [1.54, 1.807) is 23.6 Å². The fraction of sp³-hybridized carbons (Fsp3) is 0.375. The van der Waals surface area contributed by atoms with E-state index >= 15 is 0 Å². The first-order valence-electron chi connectivity index (χ1n) is 7.47. The Kier molecular flexibility index (Phi) is 4.58. The second kappa shape index (κ2) is 6.79. The summed E-state index contributed by atoms with van der Waals surface area (Å²) in [5.74, 6) is 0.463. The third-order valence-corrected chi connectivity index (χ3v) is 4.44. The van der Waals surface area contributed by atoms with Gasteiger partial charge in [0.25, 0.3) is 0 Å². The number of amides is 2. The van der Waals surface area contributed by atoms with Crippen LogP contribution in [-0.4, -0.2) is 29.1 Å². The van der Waals surface area contributed by atoms with Crippen LogP contribution in [0.5, 0.6) is 5.88 Å². The Labute approximate surface area is 133 Å². The van der Waals surface area contributed by atoms with Gasteiger partial charge in [-0.25, -0.2) is 9.78 Å². The van der Waals surface area contributed by atoms with Crippen LogP contribution in [-0.2, 0) is 0 Å². The second-order valence-electron chi connectivity index (χ2n) is 5.13. The van der Waals surface area contributed by atoms with Gasteiger partial charge in [0, 0.05) is 12.7 Å². The Bertz CT molecular complexity index is 630. The quantitative estimate of drug-likeness (QED) is 0.930. The van der Waals surface area contributed by atoms with Gasteiger partial charge in [0.2, 0.25) is 5.88 Å². The molecular formula is C16H19N3O2S. The Morgan fingerprint density at radius 3 is 3.23 bits per heavy atom. The third-order valence-electron chi connectivity index (χ3n) is 3.74. The molecule has 0 unspecified atom stereocenters. The number of nitrogens with zero attached hydrogens (tertiary/aromatic N) is 2. The van der Waals surface area contributed by atoms with Gasteiger partial charge in [-0.1, -0.05) is 0 Å². The van der Waals surface area contributed by atoms with Gasteiger partial charge >= 0.3 is 6.03 Å². The summed E-state index contributed by atoms with van der Waals surface area (Å²) in [5.41, 5.74) is 1.83. The fourth-order valence-electron chi connectivity index (χ4n) is 2.75. The van der Waals surface area contributed by atoms with E-state index in [0.29, 0.717) is 18.2 Å². The first-order chi connectivity index (χ1) is 10.8. The summed E-state index contributed by atoms with van der Waals surface area (Å²) in [6.07, 6.45) is 3.69. The number of hydrogen-bond acceptors (Lipinski definition) is 4. The lowest BCUT2D eigenvalue weighted by Crippen LogP contribution is -2.34. The van der Waals surface area contributed by atoms with E-state index in [-0.39, 0.29) is 12.1 Å². The summed E-state index contributed by atoms with van der Waals surface area (Å²) in [6, 6.07) is 5.77. The molecule has 0 radical (unpaired) electrons. The number of aromatic nitrogens is 1. The zero-order chi connectivity index (χ0) is 15.4. The number of likely N-dealkylation sites (tertiary alicyclic amines) is 1. The maximum Gasteiger partial charge on any atom is 0.322 e. The molecule has 1 N–H and O–H groups in total. The highest BCUT2D eigenvalue weighted by Gasteiger charge is 2.30. The average Bonchev–Trinajstić information content (AvgIpc) is 3.20. The molecule has 2 aromatic rings. The smallest absolute Gasteiger partial charge is 0.322 e. The molecule has 6 heteroatoms. The van der Waals surface area contributed by atoms with E-state index in [1.807, 2.05) is 17.9 Å². The Balaban J connectivity index is 1.74. The van der Waals surface area contributed by atoms with Crippen molar-refractivity contribution in [3.63, 3.8) is 0 Å². The molecule has 3 heterocycles. The van der Waals surface area contributed by atoms with Crippen LogP contribution in [0.1, 0.15) is 31.4 Å². The molecule has 0 aliphatic carbocycles. The molecular weight excluding hydrogens is 298 g/mol. The molecule has 22 heavy (non-hydrogen) atoms. The molecule has 1 saturated heterocycles. The summed E-state index contributed by atoms with van der Waals surface area (Å²) in [5, 5.41) is 7.10. The van der Waals surface area contributed by atoms with Crippen molar-refractivity contribution in [1.82, 2.24) is 9.88 Å². The van der Waals surface area contributed by atoms with Crippen molar-refractivity contribution < 1.29 is 9.53 Å². The molecule has 2 aromatic heterocycles. The van der Waals surface area contributed by atoms with Crippen LogP contribution in [0.2, 0.25) is 0 Å². The molecule has 1 atom stereocenters. The lowest BCUT2D eigenvalue weighted by molar-refractivity contribution is 0.207. The standard InChI is InChI=1S/C16H19N3O2S/c1-2-21-15-13(5-3-8-17-15)18-16(20)19-9-4-6-14(19)12-7-10-22-11-12/h3,5,7-8,10-11,14H,2,4,6,9H2,1H3,(H,18,20)/t14-/m1/s1. The highest BCUT2D eigenvalue weighted by atomic mass is 32.1. The van der Waals surface area contributed by atoms with Crippen LogP contribution in [0.3, 0.4) is 0 Å². The molecule has 0 spiro atoms. The van der Waals surface area contributed by atoms with Gasteiger partial charge in [-0.3, -0.25) is 0 Å². The first kappa shape index (κ1) is 14.8. The Hall–Kier alpha value is -2.08. The van der Waals surface area contributed by atoms with Gasteiger partial charge in [-0.2, -0.15) is 11.3 Å². The van der Waals surface area contributed by atoms with Crippen molar-refractivity contribution in [2.75, 3.05) is 18.5 Å². The maximum atomic E-state index is 12.6. The minimum absolute atomic E-state index is 0.0948. The van der Waals surface area contributed by atoms with Crippen molar-refractivity contribution in [1.29, 1.82) is 0 Å². The highest BCUT2D eigenvalue weighted by Crippen LogP contribution is 2.34. The zero-order valence-corrected chi connectivity index (χ0v) is 13.3. The van der Waals surface area contributed by atoms with Crippen molar-refractivity contribution in [2.24, 2.45) is 0 Å². The van der Waals surface area contributed by atoms with Crippen molar-refractivity contribution in [3.8, 4) is 5.88 Å². The number of pyridine rings is 1. The number of thiophene rings is 1. The first-order valence-corrected chi connectivity index (χ1v) is 8.41. The lowest BCUT2D eigenvalue weighted by atomic mass is 10.1. The van der Waals surface area contributed by atoms with Gasteiger partial charge < -0.3 is 15.0 Å². The van der Waals surface area contributed by atoms with Crippen molar-refractivity contribution in [3.05, 3.63) is 40.7 Å². The highest BCUT2D eigenvalue weighted by molar-refractivity contribution is 7.07. The summed E-state index contributed by atoms with van der Waals surface area (Å²) in [4.78, 5) is 18.7. The number of ether oxygens (including phenoxy) is 1. The summed E-state index contributed by atoms with van der Waals surface area (Å²) in [7, 11) is 0. The van der Waals surface area contributed by atoms with Crippen LogP contribution in [0.25, 0.3) is 0 Å². The number of carbonyl (C=O) groups is 1. The lowest BCUT2D eigenvalue weighted by Gasteiger charge is -2.24. The number of hydrogen-bond donors (Lipinski definition) is 1. The van der Waals surface area contributed by atoms with Gasteiger partial charge in [-0.05, 0) is 54.3 Å². The summed E-state index contributed by atoms with van der Waals surface area (Å²) < 4.78 is 5.46. The minimum Gasteiger partial charge on any atom is -0.476 e. The topological polar surface area (TPSA) is 54.5 Å². The normalized spacial score (nSPS) is 17.5. The summed E-state index contributed by atoms with van der Waals surface area (Å²) in [6.45, 7) is 3.19. The van der Waals surface area contributed by atoms with Gasteiger partial charge in [0.1, 0.15) is 5.69 Å². The molecule has 0 bridgehead atoms. The Morgan fingerprint density at radius 1 is 1.55 bits per heavy atom. The number of nitrogens with one attached hydrogen (secondary N) is 1. The molecule has 0 aromatic carbocycles. The predicted molar refractivity (Wildman–Crippen MR) is 87.4 cm³/mol. The van der Waals surface area contributed by atoms with E-state index in [4.69, 9.17) is 4.74 Å². The van der Waals surface area contributed by atoms with Crippen molar-refractivity contribution >= 4 is 23.1 Å². The molecule has 5 nitrogen and oxygen atoms in total. The van der Waals surface area contributed by atoms with Gasteiger partial charge in [0.05, 0.1) is 12.6 Å². The van der Waals surface area contributed by atoms with Crippen LogP contribution in [0.15, 0.2) is 35.2 Å². The van der Waals surface area contributed by atoms with Crippen LogP contribution < -0.4 is 10.1 Å². The largest absolute Gasteiger partial charge is 0.476 e. The molecule has 3 rings (SSSR count). The number of urea groups is 1. The van der Waals surface area contributed by atoms with Crippen LogP contribution in [0, 0.1) is 0 Å². The van der Waals surface area contributed by atoms with E-state index in [0.717, 1.165) is 19.4 Å².